The lowest BCUT2D eigenvalue weighted by atomic mass is 9.50. The molecule has 0 heterocycles. The molecule has 2 nitrogen and oxygen atoms in total. The van der Waals surface area contributed by atoms with Crippen molar-refractivity contribution >= 4 is 5.78 Å². The number of aliphatic hydroxyl groups is 1. The van der Waals surface area contributed by atoms with E-state index in [2.05, 4.69) is 34.6 Å². The van der Waals surface area contributed by atoms with Gasteiger partial charge in [-0.25, -0.2) is 0 Å². The molecular formula is C16H28O2. The first-order chi connectivity index (χ1) is 8.18. The van der Waals surface area contributed by atoms with Gasteiger partial charge >= 0.3 is 0 Å². The van der Waals surface area contributed by atoms with E-state index in [1.54, 1.807) is 0 Å². The Balaban J connectivity index is 2.35. The van der Waals surface area contributed by atoms with Crippen LogP contribution in [0.15, 0.2) is 0 Å². The molecule has 0 amide bonds. The van der Waals surface area contributed by atoms with Crippen LogP contribution in [0, 0.1) is 28.6 Å². The molecule has 2 rings (SSSR count). The van der Waals surface area contributed by atoms with Crippen molar-refractivity contribution in [3.63, 3.8) is 0 Å². The SMILES string of the molecule is C[C@H]1CCCC2C(=O)[C@H](O)[C@@H](C(C)(C)C)C[C@@]21C. The Morgan fingerprint density at radius 3 is 2.44 bits per heavy atom. The highest BCUT2D eigenvalue weighted by atomic mass is 16.3. The van der Waals surface area contributed by atoms with Gasteiger partial charge in [0.2, 0.25) is 0 Å². The fourth-order valence-electron chi connectivity index (χ4n) is 4.21. The Bertz CT molecular complexity index is 341. The molecule has 0 aromatic rings. The van der Waals surface area contributed by atoms with Gasteiger partial charge in [-0.1, -0.05) is 47.5 Å². The molecule has 0 saturated heterocycles. The Morgan fingerprint density at radius 2 is 1.89 bits per heavy atom. The Kier molecular flexibility index (Phi) is 3.38. The van der Waals surface area contributed by atoms with E-state index in [0.717, 1.165) is 19.3 Å². The number of ketones is 1. The number of hydrogen-bond acceptors (Lipinski definition) is 2. The maximum absolute atomic E-state index is 12.5. The number of carbonyl (C=O) groups excluding carboxylic acids is 1. The normalized spacial score (nSPS) is 45.8. The number of fused-ring (bicyclic) bond motifs is 1. The van der Waals surface area contributed by atoms with E-state index in [1.165, 1.54) is 6.42 Å². The highest BCUT2D eigenvalue weighted by Gasteiger charge is 2.55. The van der Waals surface area contributed by atoms with Crippen molar-refractivity contribution in [1.82, 2.24) is 0 Å². The van der Waals surface area contributed by atoms with Crippen molar-refractivity contribution in [2.24, 2.45) is 28.6 Å². The van der Waals surface area contributed by atoms with Gasteiger partial charge in [0, 0.05) is 5.92 Å². The van der Waals surface area contributed by atoms with E-state index in [9.17, 15) is 9.90 Å². The van der Waals surface area contributed by atoms with Crippen molar-refractivity contribution < 1.29 is 9.90 Å². The maximum atomic E-state index is 12.5. The number of hydrogen-bond donors (Lipinski definition) is 1. The predicted octanol–water partition coefficient (Wildman–Crippen LogP) is 3.42. The first kappa shape index (κ1) is 14.0. The average molecular weight is 252 g/mol. The first-order valence-corrected chi connectivity index (χ1v) is 7.39. The molecule has 0 radical (unpaired) electrons. The number of rotatable bonds is 0. The third-order valence-corrected chi connectivity index (χ3v) is 5.84. The summed E-state index contributed by atoms with van der Waals surface area (Å²) < 4.78 is 0. The molecule has 5 atom stereocenters. The van der Waals surface area contributed by atoms with Crippen LogP contribution < -0.4 is 0 Å². The van der Waals surface area contributed by atoms with Crippen molar-refractivity contribution in [2.45, 2.75) is 66.4 Å². The molecule has 0 aromatic heterocycles. The second kappa shape index (κ2) is 4.33. The van der Waals surface area contributed by atoms with Crippen molar-refractivity contribution in [3.05, 3.63) is 0 Å². The minimum Gasteiger partial charge on any atom is -0.385 e. The van der Waals surface area contributed by atoms with Crippen LogP contribution in [0.4, 0.5) is 0 Å². The topological polar surface area (TPSA) is 37.3 Å². The van der Waals surface area contributed by atoms with Crippen LogP contribution >= 0.6 is 0 Å². The smallest absolute Gasteiger partial charge is 0.165 e. The first-order valence-electron chi connectivity index (χ1n) is 7.39. The highest BCUT2D eigenvalue weighted by Crippen LogP contribution is 2.56. The lowest BCUT2D eigenvalue weighted by Crippen LogP contribution is -2.56. The fraction of sp³-hybridized carbons (Fsp3) is 0.938. The van der Waals surface area contributed by atoms with Gasteiger partial charge in [0.15, 0.2) is 5.78 Å². The molecule has 2 aliphatic carbocycles. The Morgan fingerprint density at radius 1 is 1.28 bits per heavy atom. The number of carbonyl (C=O) groups is 1. The zero-order valence-electron chi connectivity index (χ0n) is 12.5. The van der Waals surface area contributed by atoms with Gasteiger partial charge in [0.25, 0.3) is 0 Å². The van der Waals surface area contributed by atoms with E-state index >= 15 is 0 Å². The molecule has 0 spiro atoms. The molecule has 2 fully saturated rings. The molecule has 0 aliphatic heterocycles. The quantitative estimate of drug-likeness (QED) is 0.717. The van der Waals surface area contributed by atoms with Gasteiger partial charge in [-0.05, 0) is 35.5 Å². The molecule has 104 valence electrons. The summed E-state index contributed by atoms with van der Waals surface area (Å²) in [7, 11) is 0. The summed E-state index contributed by atoms with van der Waals surface area (Å²) in [6, 6.07) is 0. The van der Waals surface area contributed by atoms with E-state index < -0.39 is 6.10 Å². The summed E-state index contributed by atoms with van der Waals surface area (Å²) in [6.45, 7) is 11.0. The fourth-order valence-corrected chi connectivity index (χ4v) is 4.21. The minimum atomic E-state index is -0.742. The summed E-state index contributed by atoms with van der Waals surface area (Å²) in [5.41, 5.74) is 0.104. The predicted molar refractivity (Wildman–Crippen MR) is 73.2 cm³/mol. The number of aliphatic hydroxyl groups excluding tert-OH is 1. The van der Waals surface area contributed by atoms with Crippen LogP contribution in [0.5, 0.6) is 0 Å². The third-order valence-electron chi connectivity index (χ3n) is 5.84. The Labute approximate surface area is 111 Å². The summed E-state index contributed by atoms with van der Waals surface area (Å²) >= 11 is 0. The van der Waals surface area contributed by atoms with Crippen LogP contribution in [0.25, 0.3) is 0 Å². The van der Waals surface area contributed by atoms with E-state index in [-0.39, 0.29) is 28.4 Å². The third kappa shape index (κ3) is 2.03. The largest absolute Gasteiger partial charge is 0.385 e. The molecule has 2 saturated carbocycles. The van der Waals surface area contributed by atoms with E-state index in [0.29, 0.717) is 5.92 Å². The van der Waals surface area contributed by atoms with Crippen molar-refractivity contribution in [2.75, 3.05) is 0 Å². The van der Waals surface area contributed by atoms with Crippen LogP contribution in [-0.4, -0.2) is 17.0 Å². The maximum Gasteiger partial charge on any atom is 0.165 e. The van der Waals surface area contributed by atoms with Crippen molar-refractivity contribution in [3.8, 4) is 0 Å². The zero-order chi connectivity index (χ0) is 13.7. The lowest BCUT2D eigenvalue weighted by molar-refractivity contribution is -0.159. The van der Waals surface area contributed by atoms with Gasteiger partial charge < -0.3 is 5.11 Å². The summed E-state index contributed by atoms with van der Waals surface area (Å²) in [4.78, 5) is 12.5. The molecule has 18 heavy (non-hydrogen) atoms. The van der Waals surface area contributed by atoms with Crippen molar-refractivity contribution in [1.29, 1.82) is 0 Å². The van der Waals surface area contributed by atoms with Crippen LogP contribution in [-0.2, 0) is 4.79 Å². The van der Waals surface area contributed by atoms with Crippen LogP contribution in [0.3, 0.4) is 0 Å². The van der Waals surface area contributed by atoms with Gasteiger partial charge in [0.1, 0.15) is 6.10 Å². The zero-order valence-corrected chi connectivity index (χ0v) is 12.5. The molecule has 2 heteroatoms. The minimum absolute atomic E-state index is 0.000222. The van der Waals surface area contributed by atoms with E-state index in [1.807, 2.05) is 0 Å². The molecule has 1 N–H and O–H groups in total. The van der Waals surface area contributed by atoms with Gasteiger partial charge in [-0.2, -0.15) is 0 Å². The molecule has 0 aromatic carbocycles. The standard InChI is InChI=1S/C16H28O2/c1-10-7-6-8-11-13(17)14(18)12(15(2,3)4)9-16(10,11)5/h10-12,14,18H,6-9H2,1-5H3/t10-,11?,12-,14+,16+/m0/s1. The van der Waals surface area contributed by atoms with Gasteiger partial charge in [0.05, 0.1) is 0 Å². The lowest BCUT2D eigenvalue weighted by Gasteiger charge is -2.54. The molecule has 0 bridgehead atoms. The second-order valence-corrected chi connectivity index (χ2v) is 7.91. The Hall–Kier alpha value is -0.370. The monoisotopic (exact) mass is 252 g/mol. The van der Waals surface area contributed by atoms with Gasteiger partial charge in [-0.3, -0.25) is 4.79 Å². The summed E-state index contributed by atoms with van der Waals surface area (Å²) in [5.74, 6) is 0.912. The highest BCUT2D eigenvalue weighted by molar-refractivity contribution is 5.87. The summed E-state index contributed by atoms with van der Waals surface area (Å²) in [6.07, 6.45) is 3.60. The summed E-state index contributed by atoms with van der Waals surface area (Å²) in [5, 5.41) is 10.4. The van der Waals surface area contributed by atoms with Crippen LogP contribution in [0.1, 0.15) is 60.3 Å². The molecular weight excluding hydrogens is 224 g/mol. The number of Topliss-reactive ketones (excluding diaryl/α,β-unsaturated/α-hetero) is 1. The van der Waals surface area contributed by atoms with Crippen LogP contribution in [0.2, 0.25) is 0 Å². The van der Waals surface area contributed by atoms with E-state index in [4.69, 9.17) is 0 Å². The van der Waals surface area contributed by atoms with Gasteiger partial charge in [-0.15, -0.1) is 0 Å². The average Bonchev–Trinajstić information content (AvgIpc) is 2.25. The second-order valence-electron chi connectivity index (χ2n) is 7.91. The molecule has 2 aliphatic rings. The molecule has 1 unspecified atom stereocenters.